The van der Waals surface area contributed by atoms with E-state index in [0.29, 0.717) is 11.3 Å². The van der Waals surface area contributed by atoms with Crippen LogP contribution in [0, 0.1) is 0 Å². The summed E-state index contributed by atoms with van der Waals surface area (Å²) in [7, 11) is 0. The molecule has 2 aromatic heterocycles. The molecule has 3 N–H and O–H groups in total. The molecule has 0 aliphatic heterocycles. The van der Waals surface area contributed by atoms with E-state index >= 15 is 0 Å². The van der Waals surface area contributed by atoms with Gasteiger partial charge in [-0.1, -0.05) is 11.6 Å². The van der Waals surface area contributed by atoms with Gasteiger partial charge in [-0.05, 0) is 18.2 Å². The van der Waals surface area contributed by atoms with E-state index in [2.05, 4.69) is 15.3 Å². The molecular formula is C11H9ClN4O. The SMILES string of the molecule is Nc1ncc(C(=O)Nc2ccncc2)cc1Cl. The molecule has 0 saturated carbocycles. The Morgan fingerprint density at radius 3 is 2.71 bits per heavy atom. The minimum atomic E-state index is -0.300. The number of anilines is 2. The van der Waals surface area contributed by atoms with Gasteiger partial charge in [0.25, 0.3) is 5.91 Å². The van der Waals surface area contributed by atoms with Crippen LogP contribution in [0.3, 0.4) is 0 Å². The largest absolute Gasteiger partial charge is 0.382 e. The van der Waals surface area contributed by atoms with Crippen molar-refractivity contribution in [3.8, 4) is 0 Å². The summed E-state index contributed by atoms with van der Waals surface area (Å²) >= 11 is 5.78. The van der Waals surface area contributed by atoms with Gasteiger partial charge in [-0.2, -0.15) is 0 Å². The van der Waals surface area contributed by atoms with Gasteiger partial charge in [0, 0.05) is 24.3 Å². The first-order chi connectivity index (χ1) is 8.16. The molecule has 0 fully saturated rings. The summed E-state index contributed by atoms with van der Waals surface area (Å²) in [6, 6.07) is 4.84. The number of nitrogens with two attached hydrogens (primary N) is 1. The molecular weight excluding hydrogens is 240 g/mol. The van der Waals surface area contributed by atoms with Gasteiger partial charge in [0.05, 0.1) is 10.6 Å². The predicted octanol–water partition coefficient (Wildman–Crippen LogP) is 1.96. The zero-order valence-corrected chi connectivity index (χ0v) is 9.48. The third-order valence-corrected chi connectivity index (χ3v) is 2.37. The van der Waals surface area contributed by atoms with E-state index in [9.17, 15) is 4.79 Å². The number of rotatable bonds is 2. The van der Waals surface area contributed by atoms with E-state index in [1.54, 1.807) is 24.5 Å². The lowest BCUT2D eigenvalue weighted by molar-refractivity contribution is 0.102. The molecule has 0 unspecified atom stereocenters. The summed E-state index contributed by atoms with van der Waals surface area (Å²) in [6.45, 7) is 0. The van der Waals surface area contributed by atoms with Gasteiger partial charge < -0.3 is 11.1 Å². The molecule has 86 valence electrons. The second-order valence-corrected chi connectivity index (χ2v) is 3.69. The lowest BCUT2D eigenvalue weighted by Crippen LogP contribution is -2.12. The number of hydrogen-bond acceptors (Lipinski definition) is 4. The van der Waals surface area contributed by atoms with E-state index in [4.69, 9.17) is 17.3 Å². The van der Waals surface area contributed by atoms with Crippen LogP contribution in [0.4, 0.5) is 11.5 Å². The highest BCUT2D eigenvalue weighted by Gasteiger charge is 2.08. The van der Waals surface area contributed by atoms with E-state index in [0.717, 1.165) is 0 Å². The number of carbonyl (C=O) groups excluding carboxylic acids is 1. The normalized spacial score (nSPS) is 9.94. The van der Waals surface area contributed by atoms with Crippen LogP contribution in [0.1, 0.15) is 10.4 Å². The summed E-state index contributed by atoms with van der Waals surface area (Å²) in [6.07, 6.45) is 4.55. The van der Waals surface area contributed by atoms with Gasteiger partial charge in [-0.25, -0.2) is 4.98 Å². The van der Waals surface area contributed by atoms with Crippen molar-refractivity contribution in [1.82, 2.24) is 9.97 Å². The Hall–Kier alpha value is -2.14. The fraction of sp³-hybridized carbons (Fsp3) is 0. The number of carbonyl (C=O) groups is 1. The number of nitrogen functional groups attached to an aromatic ring is 1. The second-order valence-electron chi connectivity index (χ2n) is 3.28. The summed E-state index contributed by atoms with van der Waals surface area (Å²) in [5.41, 5.74) is 6.46. The summed E-state index contributed by atoms with van der Waals surface area (Å²) < 4.78 is 0. The van der Waals surface area contributed by atoms with Crippen LogP contribution in [-0.4, -0.2) is 15.9 Å². The molecule has 0 spiro atoms. The van der Waals surface area contributed by atoms with Crippen molar-refractivity contribution in [2.24, 2.45) is 0 Å². The summed E-state index contributed by atoms with van der Waals surface area (Å²) in [5, 5.41) is 2.94. The average molecular weight is 249 g/mol. The Balaban J connectivity index is 2.18. The van der Waals surface area contributed by atoms with Crippen LogP contribution in [0.25, 0.3) is 0 Å². The fourth-order valence-electron chi connectivity index (χ4n) is 1.21. The molecule has 0 radical (unpaired) electrons. The Morgan fingerprint density at radius 2 is 2.06 bits per heavy atom. The van der Waals surface area contributed by atoms with Crippen molar-refractivity contribution in [2.75, 3.05) is 11.1 Å². The molecule has 5 nitrogen and oxygen atoms in total. The number of nitrogens with zero attached hydrogens (tertiary/aromatic N) is 2. The van der Waals surface area contributed by atoms with Gasteiger partial charge in [0.2, 0.25) is 0 Å². The van der Waals surface area contributed by atoms with Gasteiger partial charge in [0.1, 0.15) is 5.82 Å². The second kappa shape index (κ2) is 4.80. The highest BCUT2D eigenvalue weighted by Crippen LogP contribution is 2.17. The van der Waals surface area contributed by atoms with Crippen molar-refractivity contribution in [3.05, 3.63) is 47.4 Å². The number of hydrogen-bond donors (Lipinski definition) is 2. The zero-order valence-electron chi connectivity index (χ0n) is 8.72. The third-order valence-electron chi connectivity index (χ3n) is 2.07. The third kappa shape index (κ3) is 2.70. The van der Waals surface area contributed by atoms with Crippen molar-refractivity contribution in [3.63, 3.8) is 0 Å². The summed E-state index contributed by atoms with van der Waals surface area (Å²) in [4.78, 5) is 19.5. The van der Waals surface area contributed by atoms with Gasteiger partial charge in [-0.15, -0.1) is 0 Å². The molecule has 1 amide bonds. The molecule has 2 rings (SSSR count). The van der Waals surface area contributed by atoms with E-state index in [1.165, 1.54) is 12.3 Å². The maximum atomic E-state index is 11.8. The first kappa shape index (κ1) is 11.3. The van der Waals surface area contributed by atoms with Crippen LogP contribution in [0.2, 0.25) is 5.02 Å². The number of pyridine rings is 2. The van der Waals surface area contributed by atoms with Crippen molar-refractivity contribution < 1.29 is 4.79 Å². The topological polar surface area (TPSA) is 80.9 Å². The molecule has 6 heteroatoms. The lowest BCUT2D eigenvalue weighted by atomic mass is 10.2. The highest BCUT2D eigenvalue weighted by molar-refractivity contribution is 6.33. The zero-order chi connectivity index (χ0) is 12.3. The van der Waals surface area contributed by atoms with Crippen LogP contribution in [0.5, 0.6) is 0 Å². The first-order valence-electron chi connectivity index (χ1n) is 4.79. The summed E-state index contributed by atoms with van der Waals surface area (Å²) in [5.74, 6) is -0.0993. The van der Waals surface area contributed by atoms with Gasteiger partial charge in [0.15, 0.2) is 0 Å². The smallest absolute Gasteiger partial charge is 0.257 e. The lowest BCUT2D eigenvalue weighted by Gasteiger charge is -2.05. The minimum absolute atomic E-state index is 0.201. The van der Waals surface area contributed by atoms with E-state index in [1.807, 2.05) is 0 Å². The average Bonchev–Trinajstić information content (AvgIpc) is 2.34. The molecule has 0 aliphatic rings. The fourth-order valence-corrected chi connectivity index (χ4v) is 1.38. The molecule has 0 aromatic carbocycles. The number of nitrogens with one attached hydrogen (secondary N) is 1. The number of halogens is 1. The Kier molecular flexibility index (Phi) is 3.20. The monoisotopic (exact) mass is 248 g/mol. The van der Waals surface area contributed by atoms with Gasteiger partial charge >= 0.3 is 0 Å². The Morgan fingerprint density at radius 1 is 1.35 bits per heavy atom. The molecule has 17 heavy (non-hydrogen) atoms. The van der Waals surface area contributed by atoms with E-state index < -0.39 is 0 Å². The minimum Gasteiger partial charge on any atom is -0.382 e. The maximum absolute atomic E-state index is 11.8. The van der Waals surface area contributed by atoms with Crippen molar-refractivity contribution in [1.29, 1.82) is 0 Å². The molecule has 2 aromatic rings. The van der Waals surface area contributed by atoms with Crippen LogP contribution in [0.15, 0.2) is 36.8 Å². The Labute approximate surface area is 103 Å². The molecule has 0 aliphatic carbocycles. The maximum Gasteiger partial charge on any atom is 0.257 e. The first-order valence-corrected chi connectivity index (χ1v) is 5.17. The number of aromatic nitrogens is 2. The van der Waals surface area contributed by atoms with Crippen LogP contribution >= 0.6 is 11.6 Å². The quantitative estimate of drug-likeness (QED) is 0.851. The highest BCUT2D eigenvalue weighted by atomic mass is 35.5. The van der Waals surface area contributed by atoms with Crippen molar-refractivity contribution in [2.45, 2.75) is 0 Å². The predicted molar refractivity (Wildman–Crippen MR) is 65.8 cm³/mol. The molecule has 0 bridgehead atoms. The molecule has 0 saturated heterocycles. The van der Waals surface area contributed by atoms with Crippen LogP contribution < -0.4 is 11.1 Å². The number of amides is 1. The standard InChI is InChI=1S/C11H9ClN4O/c12-9-5-7(6-15-10(9)13)11(17)16-8-1-3-14-4-2-8/h1-6H,(H2,13,15)(H,14,16,17). The van der Waals surface area contributed by atoms with Crippen LogP contribution in [-0.2, 0) is 0 Å². The van der Waals surface area contributed by atoms with Gasteiger partial charge in [-0.3, -0.25) is 9.78 Å². The van der Waals surface area contributed by atoms with E-state index in [-0.39, 0.29) is 16.7 Å². The van der Waals surface area contributed by atoms with Crippen molar-refractivity contribution >= 4 is 29.0 Å². The molecule has 2 heterocycles. The molecule has 0 atom stereocenters. The Bertz CT molecular complexity index is 544.